The maximum atomic E-state index is 4.43. The molecule has 3 heteroatoms. The quantitative estimate of drug-likeness (QED) is 0.638. The molecule has 0 aliphatic rings. The van der Waals surface area contributed by atoms with Crippen LogP contribution in [0.15, 0.2) is 4.34 Å². The third-order valence-electron chi connectivity index (χ3n) is 1.38. The van der Waals surface area contributed by atoms with Crippen LogP contribution in [0.2, 0.25) is 0 Å². The lowest BCUT2D eigenvalue weighted by Crippen LogP contribution is -1.80. The standard InChI is InChI=1S/C7H11NS2/c1-4-6-5(2)10-7(8-6)9-3/h4H2,1-3H3. The van der Waals surface area contributed by atoms with Crippen LogP contribution in [0.5, 0.6) is 0 Å². The fourth-order valence-electron chi connectivity index (χ4n) is 0.817. The molecule has 0 saturated carbocycles. The van der Waals surface area contributed by atoms with E-state index < -0.39 is 0 Å². The lowest BCUT2D eigenvalue weighted by atomic mass is 10.3. The smallest absolute Gasteiger partial charge is 0.150 e. The average Bonchev–Trinajstić information content (AvgIpc) is 2.30. The molecule has 0 bridgehead atoms. The predicted octanol–water partition coefficient (Wildman–Crippen LogP) is 2.74. The molecule has 0 unspecified atom stereocenters. The highest BCUT2D eigenvalue weighted by atomic mass is 32.2. The van der Waals surface area contributed by atoms with E-state index in [2.05, 4.69) is 25.1 Å². The Bertz CT molecular complexity index is 217. The molecule has 0 aliphatic carbocycles. The summed E-state index contributed by atoms with van der Waals surface area (Å²) in [5, 5.41) is 0. The molecule has 1 aromatic rings. The fourth-order valence-corrected chi connectivity index (χ4v) is 2.45. The lowest BCUT2D eigenvalue weighted by Gasteiger charge is -1.86. The van der Waals surface area contributed by atoms with Gasteiger partial charge < -0.3 is 0 Å². The van der Waals surface area contributed by atoms with Gasteiger partial charge in [0.15, 0.2) is 0 Å². The van der Waals surface area contributed by atoms with E-state index in [-0.39, 0.29) is 0 Å². The lowest BCUT2D eigenvalue weighted by molar-refractivity contribution is 1.01. The molecule has 0 fully saturated rings. The molecule has 0 amide bonds. The highest BCUT2D eigenvalue weighted by Gasteiger charge is 2.02. The second-order valence-electron chi connectivity index (χ2n) is 2.04. The van der Waals surface area contributed by atoms with Crippen LogP contribution in [-0.2, 0) is 6.42 Å². The van der Waals surface area contributed by atoms with Gasteiger partial charge in [-0.1, -0.05) is 18.7 Å². The molecule has 0 atom stereocenters. The molecule has 10 heavy (non-hydrogen) atoms. The zero-order valence-electron chi connectivity index (χ0n) is 6.47. The van der Waals surface area contributed by atoms with Crippen LogP contribution in [0, 0.1) is 6.92 Å². The molecule has 0 N–H and O–H groups in total. The van der Waals surface area contributed by atoms with Crippen LogP contribution in [0.3, 0.4) is 0 Å². The first-order chi connectivity index (χ1) is 4.77. The molecule has 0 aromatic carbocycles. The summed E-state index contributed by atoms with van der Waals surface area (Å²) < 4.78 is 1.19. The topological polar surface area (TPSA) is 12.9 Å². The maximum absolute atomic E-state index is 4.43. The molecule has 0 saturated heterocycles. The van der Waals surface area contributed by atoms with E-state index in [9.17, 15) is 0 Å². The molecule has 1 aromatic heterocycles. The van der Waals surface area contributed by atoms with Gasteiger partial charge in [-0.05, 0) is 19.6 Å². The van der Waals surface area contributed by atoms with Crippen molar-refractivity contribution < 1.29 is 0 Å². The van der Waals surface area contributed by atoms with Gasteiger partial charge in [0.25, 0.3) is 0 Å². The van der Waals surface area contributed by atoms with Crippen molar-refractivity contribution >= 4 is 23.1 Å². The molecule has 0 aliphatic heterocycles. The summed E-state index contributed by atoms with van der Waals surface area (Å²) in [5.74, 6) is 0. The number of aromatic nitrogens is 1. The summed E-state index contributed by atoms with van der Waals surface area (Å²) >= 11 is 3.52. The van der Waals surface area contributed by atoms with E-state index >= 15 is 0 Å². The summed E-state index contributed by atoms with van der Waals surface area (Å²) in [6, 6.07) is 0. The summed E-state index contributed by atoms with van der Waals surface area (Å²) in [6.45, 7) is 4.28. The van der Waals surface area contributed by atoms with Crippen molar-refractivity contribution in [3.05, 3.63) is 10.6 Å². The Hall–Kier alpha value is -0.0200. The Morgan fingerprint density at radius 3 is 2.60 bits per heavy atom. The first kappa shape index (κ1) is 8.08. The average molecular weight is 173 g/mol. The first-order valence-corrected chi connectivity index (χ1v) is 5.32. The summed E-state index contributed by atoms with van der Waals surface area (Å²) in [7, 11) is 0. The highest BCUT2D eigenvalue weighted by Crippen LogP contribution is 2.24. The van der Waals surface area contributed by atoms with Crippen LogP contribution in [0.4, 0.5) is 0 Å². The van der Waals surface area contributed by atoms with Crippen molar-refractivity contribution in [1.82, 2.24) is 4.98 Å². The zero-order chi connectivity index (χ0) is 7.56. The molecule has 1 rings (SSSR count). The van der Waals surface area contributed by atoms with E-state index in [0.29, 0.717) is 0 Å². The van der Waals surface area contributed by atoms with E-state index in [1.54, 1.807) is 23.1 Å². The Morgan fingerprint density at radius 2 is 2.30 bits per heavy atom. The van der Waals surface area contributed by atoms with Gasteiger partial charge in [0.1, 0.15) is 4.34 Å². The van der Waals surface area contributed by atoms with Crippen molar-refractivity contribution in [2.45, 2.75) is 24.6 Å². The summed E-state index contributed by atoms with van der Waals surface area (Å²) in [6.07, 6.45) is 3.13. The summed E-state index contributed by atoms with van der Waals surface area (Å²) in [5.41, 5.74) is 1.26. The van der Waals surface area contributed by atoms with Crippen LogP contribution in [-0.4, -0.2) is 11.2 Å². The second-order valence-corrected chi connectivity index (χ2v) is 4.30. The first-order valence-electron chi connectivity index (χ1n) is 3.28. The van der Waals surface area contributed by atoms with Crippen molar-refractivity contribution in [3.8, 4) is 0 Å². The zero-order valence-corrected chi connectivity index (χ0v) is 8.10. The van der Waals surface area contributed by atoms with E-state index in [0.717, 1.165) is 6.42 Å². The largest absolute Gasteiger partial charge is 0.234 e. The van der Waals surface area contributed by atoms with E-state index in [1.807, 2.05) is 0 Å². The van der Waals surface area contributed by atoms with Crippen LogP contribution < -0.4 is 0 Å². The normalized spacial score (nSPS) is 10.3. The molecule has 56 valence electrons. The molecular formula is C7H11NS2. The third-order valence-corrected chi connectivity index (χ3v) is 3.38. The number of hydrogen-bond donors (Lipinski definition) is 0. The van der Waals surface area contributed by atoms with Crippen molar-refractivity contribution in [2.24, 2.45) is 0 Å². The SMILES string of the molecule is CCc1nc(SC)sc1C. The number of aryl methyl sites for hydroxylation is 2. The molecule has 0 spiro atoms. The number of nitrogens with zero attached hydrogens (tertiary/aromatic N) is 1. The number of rotatable bonds is 2. The minimum absolute atomic E-state index is 1.06. The number of hydrogen-bond acceptors (Lipinski definition) is 3. The third kappa shape index (κ3) is 1.52. The number of thioether (sulfide) groups is 1. The van der Waals surface area contributed by atoms with Crippen LogP contribution >= 0.6 is 23.1 Å². The van der Waals surface area contributed by atoms with Gasteiger partial charge in [-0.25, -0.2) is 4.98 Å². The van der Waals surface area contributed by atoms with E-state index in [4.69, 9.17) is 0 Å². The van der Waals surface area contributed by atoms with Gasteiger partial charge in [0, 0.05) is 4.88 Å². The molecule has 1 heterocycles. The Kier molecular flexibility index (Phi) is 2.74. The van der Waals surface area contributed by atoms with Crippen LogP contribution in [0.25, 0.3) is 0 Å². The maximum Gasteiger partial charge on any atom is 0.150 e. The minimum atomic E-state index is 1.06. The van der Waals surface area contributed by atoms with Gasteiger partial charge in [-0.2, -0.15) is 0 Å². The fraction of sp³-hybridized carbons (Fsp3) is 0.571. The van der Waals surface area contributed by atoms with Gasteiger partial charge in [-0.3, -0.25) is 0 Å². The predicted molar refractivity (Wildman–Crippen MR) is 48.0 cm³/mol. The summed E-state index contributed by atoms with van der Waals surface area (Å²) in [4.78, 5) is 5.80. The Morgan fingerprint density at radius 1 is 1.60 bits per heavy atom. The van der Waals surface area contributed by atoms with Gasteiger partial charge >= 0.3 is 0 Å². The molecule has 0 radical (unpaired) electrons. The molecule has 1 nitrogen and oxygen atoms in total. The van der Waals surface area contributed by atoms with Gasteiger partial charge in [0.2, 0.25) is 0 Å². The second kappa shape index (κ2) is 3.39. The number of thiazole rings is 1. The monoisotopic (exact) mass is 173 g/mol. The van der Waals surface area contributed by atoms with Crippen molar-refractivity contribution in [3.63, 3.8) is 0 Å². The van der Waals surface area contributed by atoms with Gasteiger partial charge in [-0.15, -0.1) is 11.3 Å². The van der Waals surface area contributed by atoms with Crippen molar-refractivity contribution in [1.29, 1.82) is 0 Å². The highest BCUT2D eigenvalue weighted by molar-refractivity contribution is 8.00. The van der Waals surface area contributed by atoms with Crippen molar-refractivity contribution in [2.75, 3.05) is 6.26 Å². The Labute approximate surface area is 69.9 Å². The minimum Gasteiger partial charge on any atom is -0.234 e. The van der Waals surface area contributed by atoms with Gasteiger partial charge in [0.05, 0.1) is 5.69 Å². The Balaban J connectivity index is 2.92. The van der Waals surface area contributed by atoms with E-state index in [1.165, 1.54) is 14.9 Å². The molecular weight excluding hydrogens is 162 g/mol. The van der Waals surface area contributed by atoms with Crippen LogP contribution in [0.1, 0.15) is 17.5 Å².